The molecule has 0 spiro atoms. The maximum absolute atomic E-state index is 12.6. The molecule has 0 aliphatic carbocycles. The fraction of sp³-hybridized carbons (Fsp3) is 0.263. The molecule has 2 aromatic carbocycles. The van der Waals surface area contributed by atoms with Gasteiger partial charge in [-0.2, -0.15) is 0 Å². The Kier molecular flexibility index (Phi) is 5.48. The maximum atomic E-state index is 12.6. The average Bonchev–Trinajstić information content (AvgIpc) is 2.93. The highest BCUT2D eigenvalue weighted by molar-refractivity contribution is 7.98. The number of rotatable bonds is 6. The van der Waals surface area contributed by atoms with E-state index in [9.17, 15) is 8.42 Å². The first-order chi connectivity index (χ1) is 12.3. The van der Waals surface area contributed by atoms with Gasteiger partial charge in [-0.3, -0.25) is 0 Å². The molecule has 1 heterocycles. The zero-order valence-corrected chi connectivity index (χ0v) is 16.6. The number of hydrogen-bond acceptors (Lipinski definition) is 5. The molecule has 0 aliphatic heterocycles. The molecule has 3 rings (SSSR count). The molecule has 0 atom stereocenters. The van der Waals surface area contributed by atoms with Gasteiger partial charge in [-0.1, -0.05) is 59.3 Å². The first-order valence-corrected chi connectivity index (χ1v) is 10.8. The highest BCUT2D eigenvalue weighted by atomic mass is 32.2. The number of hydrogen-bond donors (Lipinski definition) is 0. The van der Waals surface area contributed by atoms with Crippen molar-refractivity contribution in [3.8, 4) is 0 Å². The van der Waals surface area contributed by atoms with Crippen LogP contribution in [0.25, 0.3) is 0 Å². The molecule has 0 bridgehead atoms. The Morgan fingerprint density at radius 1 is 1.00 bits per heavy atom. The number of sulfone groups is 1. The van der Waals surface area contributed by atoms with E-state index in [0.717, 1.165) is 11.3 Å². The van der Waals surface area contributed by atoms with Gasteiger partial charge in [0.25, 0.3) is 0 Å². The van der Waals surface area contributed by atoms with Crippen LogP contribution in [-0.4, -0.2) is 23.2 Å². The number of benzene rings is 2. The monoisotopic (exact) mass is 387 g/mol. The van der Waals surface area contributed by atoms with E-state index in [-0.39, 0.29) is 5.75 Å². The summed E-state index contributed by atoms with van der Waals surface area (Å²) in [4.78, 5) is 0.306. The Hall–Kier alpha value is -2.12. The molecular weight excluding hydrogens is 366 g/mol. The molecule has 26 heavy (non-hydrogen) atoms. The minimum atomic E-state index is -3.44. The van der Waals surface area contributed by atoms with Crippen molar-refractivity contribution in [2.75, 3.05) is 0 Å². The van der Waals surface area contributed by atoms with Crippen LogP contribution in [0.5, 0.6) is 0 Å². The second-order valence-electron chi connectivity index (χ2n) is 6.31. The molecule has 3 aromatic rings. The van der Waals surface area contributed by atoms with Crippen molar-refractivity contribution in [1.29, 1.82) is 0 Å². The van der Waals surface area contributed by atoms with Gasteiger partial charge in [-0.15, -0.1) is 10.2 Å². The smallest absolute Gasteiger partial charge is 0.191 e. The molecule has 0 fully saturated rings. The van der Waals surface area contributed by atoms with Gasteiger partial charge in [-0.05, 0) is 31.5 Å². The van der Waals surface area contributed by atoms with Gasteiger partial charge in [0, 0.05) is 12.8 Å². The van der Waals surface area contributed by atoms with Gasteiger partial charge < -0.3 is 4.57 Å². The van der Waals surface area contributed by atoms with Crippen molar-refractivity contribution in [3.63, 3.8) is 0 Å². The lowest BCUT2D eigenvalue weighted by molar-refractivity contribution is 0.591. The minimum Gasteiger partial charge on any atom is -0.308 e. The van der Waals surface area contributed by atoms with Gasteiger partial charge in [0.15, 0.2) is 15.0 Å². The molecule has 0 aliphatic rings. The molecule has 0 radical (unpaired) electrons. The Balaban J connectivity index is 1.73. The van der Waals surface area contributed by atoms with Crippen LogP contribution in [0.4, 0.5) is 0 Å². The first kappa shape index (κ1) is 18.7. The number of aromatic nitrogens is 3. The fourth-order valence-corrected chi connectivity index (χ4v) is 4.73. The third-order valence-electron chi connectivity index (χ3n) is 4.07. The Bertz CT molecular complexity index is 1010. The zero-order valence-electron chi connectivity index (χ0n) is 15.0. The molecule has 0 N–H and O–H groups in total. The highest BCUT2D eigenvalue weighted by Gasteiger charge is 2.20. The Morgan fingerprint density at radius 2 is 1.73 bits per heavy atom. The fourth-order valence-electron chi connectivity index (χ4n) is 2.55. The molecule has 136 valence electrons. The van der Waals surface area contributed by atoms with Gasteiger partial charge in [-0.25, -0.2) is 8.42 Å². The summed E-state index contributed by atoms with van der Waals surface area (Å²) in [5.74, 6) is 1.04. The number of aryl methyl sites for hydroxylation is 2. The van der Waals surface area contributed by atoms with Gasteiger partial charge in [0.1, 0.15) is 11.6 Å². The quantitative estimate of drug-likeness (QED) is 0.604. The van der Waals surface area contributed by atoms with Crippen molar-refractivity contribution in [1.82, 2.24) is 14.8 Å². The standard InChI is InChI=1S/C19H21N3O2S2/c1-14-7-9-17(10-8-14)26(23,24)13-18-20-21-19(22(18)3)25-12-16-6-4-5-15(2)11-16/h4-11H,12-13H2,1-3H3. The van der Waals surface area contributed by atoms with E-state index < -0.39 is 9.84 Å². The second kappa shape index (κ2) is 7.63. The third-order valence-corrected chi connectivity index (χ3v) is 6.79. The molecule has 0 amide bonds. The average molecular weight is 388 g/mol. The largest absolute Gasteiger partial charge is 0.308 e. The van der Waals surface area contributed by atoms with E-state index in [1.54, 1.807) is 47.6 Å². The van der Waals surface area contributed by atoms with E-state index in [0.29, 0.717) is 15.9 Å². The van der Waals surface area contributed by atoms with Crippen LogP contribution in [0.15, 0.2) is 58.6 Å². The topological polar surface area (TPSA) is 64.8 Å². The lowest BCUT2D eigenvalue weighted by Crippen LogP contribution is -2.09. The van der Waals surface area contributed by atoms with E-state index in [1.807, 2.05) is 13.0 Å². The summed E-state index contributed by atoms with van der Waals surface area (Å²) >= 11 is 1.55. The predicted octanol–water partition coefficient (Wildman–Crippen LogP) is 3.70. The predicted molar refractivity (Wildman–Crippen MR) is 104 cm³/mol. The van der Waals surface area contributed by atoms with Crippen molar-refractivity contribution in [2.45, 2.75) is 35.4 Å². The first-order valence-electron chi connectivity index (χ1n) is 8.21. The highest BCUT2D eigenvalue weighted by Crippen LogP contribution is 2.23. The van der Waals surface area contributed by atoms with Crippen molar-refractivity contribution in [3.05, 3.63) is 71.0 Å². The molecule has 5 nitrogen and oxygen atoms in total. The Morgan fingerprint density at radius 3 is 2.42 bits per heavy atom. The van der Waals surface area contributed by atoms with E-state index in [1.165, 1.54) is 11.1 Å². The van der Waals surface area contributed by atoms with Crippen LogP contribution in [-0.2, 0) is 28.4 Å². The van der Waals surface area contributed by atoms with Crippen LogP contribution in [0.2, 0.25) is 0 Å². The normalized spacial score (nSPS) is 11.7. The van der Waals surface area contributed by atoms with Crippen LogP contribution in [0, 0.1) is 13.8 Å². The van der Waals surface area contributed by atoms with E-state index in [4.69, 9.17) is 0 Å². The van der Waals surface area contributed by atoms with Crippen LogP contribution in [0.3, 0.4) is 0 Å². The van der Waals surface area contributed by atoms with Gasteiger partial charge in [0.2, 0.25) is 0 Å². The number of nitrogens with zero attached hydrogens (tertiary/aromatic N) is 3. The third kappa shape index (κ3) is 4.34. The summed E-state index contributed by atoms with van der Waals surface area (Å²) in [6, 6.07) is 15.2. The summed E-state index contributed by atoms with van der Waals surface area (Å²) in [6.07, 6.45) is 0. The van der Waals surface area contributed by atoms with E-state index in [2.05, 4.69) is 35.3 Å². The summed E-state index contributed by atoms with van der Waals surface area (Å²) in [5, 5.41) is 8.95. The number of thioether (sulfide) groups is 1. The molecule has 1 aromatic heterocycles. The van der Waals surface area contributed by atoms with Crippen molar-refractivity contribution in [2.24, 2.45) is 7.05 Å². The minimum absolute atomic E-state index is 0.162. The van der Waals surface area contributed by atoms with E-state index >= 15 is 0 Å². The van der Waals surface area contributed by atoms with Crippen LogP contribution >= 0.6 is 11.8 Å². The molecule has 7 heteroatoms. The molecular formula is C19H21N3O2S2. The van der Waals surface area contributed by atoms with Crippen LogP contribution < -0.4 is 0 Å². The second-order valence-corrected chi connectivity index (χ2v) is 9.24. The van der Waals surface area contributed by atoms with Crippen LogP contribution in [0.1, 0.15) is 22.5 Å². The van der Waals surface area contributed by atoms with Gasteiger partial charge in [0.05, 0.1) is 4.90 Å². The van der Waals surface area contributed by atoms with Crippen molar-refractivity contribution >= 4 is 21.6 Å². The summed E-state index contributed by atoms with van der Waals surface area (Å²) in [5.41, 5.74) is 3.44. The zero-order chi connectivity index (χ0) is 18.7. The maximum Gasteiger partial charge on any atom is 0.191 e. The summed E-state index contributed by atoms with van der Waals surface area (Å²) in [7, 11) is -1.64. The molecule has 0 saturated carbocycles. The van der Waals surface area contributed by atoms with Crippen molar-refractivity contribution < 1.29 is 8.42 Å². The van der Waals surface area contributed by atoms with Gasteiger partial charge >= 0.3 is 0 Å². The molecule has 0 unspecified atom stereocenters. The molecule has 0 saturated heterocycles. The summed E-state index contributed by atoms with van der Waals surface area (Å²) < 4.78 is 27.0. The Labute approximate surface area is 158 Å². The lowest BCUT2D eigenvalue weighted by Gasteiger charge is -2.06. The SMILES string of the molecule is Cc1ccc(S(=O)(=O)Cc2nnc(SCc3cccc(C)c3)n2C)cc1. The summed E-state index contributed by atoms with van der Waals surface area (Å²) in [6.45, 7) is 3.99. The lowest BCUT2D eigenvalue weighted by atomic mass is 10.2.